The highest BCUT2D eigenvalue weighted by atomic mass is 16.6. The second-order valence-electron chi connectivity index (χ2n) is 4.27. The van der Waals surface area contributed by atoms with Crippen LogP contribution in [0, 0.1) is 17.0 Å². The van der Waals surface area contributed by atoms with E-state index in [1.165, 1.54) is 30.6 Å². The molecule has 0 saturated carbocycles. The van der Waals surface area contributed by atoms with Crippen molar-refractivity contribution in [2.45, 2.75) is 6.92 Å². The van der Waals surface area contributed by atoms with Crippen LogP contribution in [-0.2, 0) is 4.79 Å². The van der Waals surface area contributed by atoms with E-state index in [1.54, 1.807) is 6.92 Å². The molecule has 0 spiro atoms. The molecule has 2 aromatic heterocycles. The van der Waals surface area contributed by atoms with Gasteiger partial charge in [0.25, 0.3) is 5.88 Å². The van der Waals surface area contributed by atoms with Gasteiger partial charge in [0.05, 0.1) is 11.1 Å². The van der Waals surface area contributed by atoms with Gasteiger partial charge in [-0.15, -0.1) is 0 Å². The van der Waals surface area contributed by atoms with Crippen LogP contribution in [0.3, 0.4) is 0 Å². The Morgan fingerprint density at radius 3 is 2.77 bits per heavy atom. The molecule has 2 heterocycles. The van der Waals surface area contributed by atoms with Gasteiger partial charge in [-0.05, 0) is 30.7 Å². The van der Waals surface area contributed by atoms with E-state index in [4.69, 9.17) is 4.74 Å². The molecular formula is C14H12N4O4. The fourth-order valence-corrected chi connectivity index (χ4v) is 1.55. The number of rotatable bonds is 5. The molecule has 0 saturated heterocycles. The fraction of sp³-hybridized carbons (Fsp3) is 0.0714. The summed E-state index contributed by atoms with van der Waals surface area (Å²) in [5.41, 5.74) is 0.420. The highest BCUT2D eigenvalue weighted by molar-refractivity contribution is 5.98. The largest absolute Gasteiger partial charge is 0.432 e. The number of aromatic nitrogens is 2. The lowest BCUT2D eigenvalue weighted by atomic mass is 10.3. The van der Waals surface area contributed by atoms with Crippen molar-refractivity contribution in [2.75, 3.05) is 5.32 Å². The van der Waals surface area contributed by atoms with Crippen molar-refractivity contribution < 1.29 is 14.5 Å². The van der Waals surface area contributed by atoms with Crippen molar-refractivity contribution in [3.8, 4) is 11.6 Å². The number of amides is 1. The minimum absolute atomic E-state index is 0.125. The Balaban J connectivity index is 2.19. The molecule has 0 aliphatic rings. The van der Waals surface area contributed by atoms with Crippen molar-refractivity contribution in [1.29, 1.82) is 0 Å². The van der Waals surface area contributed by atoms with Crippen LogP contribution in [0.2, 0.25) is 0 Å². The zero-order chi connectivity index (χ0) is 16.1. The highest BCUT2D eigenvalue weighted by Crippen LogP contribution is 2.29. The average Bonchev–Trinajstić information content (AvgIpc) is 2.50. The first kappa shape index (κ1) is 15.1. The van der Waals surface area contributed by atoms with Crippen molar-refractivity contribution in [2.24, 2.45) is 0 Å². The van der Waals surface area contributed by atoms with Crippen LogP contribution in [0.25, 0.3) is 0 Å². The molecular weight excluding hydrogens is 288 g/mol. The average molecular weight is 300 g/mol. The number of hydrogen-bond acceptors (Lipinski definition) is 6. The van der Waals surface area contributed by atoms with Crippen LogP contribution in [-0.4, -0.2) is 20.8 Å². The number of nitrogens with zero attached hydrogens (tertiary/aromatic N) is 3. The molecule has 0 aliphatic heterocycles. The van der Waals surface area contributed by atoms with Gasteiger partial charge in [-0.2, -0.15) is 0 Å². The molecule has 2 rings (SSSR count). The van der Waals surface area contributed by atoms with E-state index >= 15 is 0 Å². The number of hydrogen-bond donors (Lipinski definition) is 1. The Morgan fingerprint density at radius 2 is 2.18 bits per heavy atom. The van der Waals surface area contributed by atoms with Crippen LogP contribution >= 0.6 is 0 Å². The summed E-state index contributed by atoms with van der Waals surface area (Å²) in [5, 5.41) is 13.5. The van der Waals surface area contributed by atoms with Gasteiger partial charge < -0.3 is 10.1 Å². The van der Waals surface area contributed by atoms with Gasteiger partial charge >= 0.3 is 5.69 Å². The Morgan fingerprint density at radius 1 is 1.41 bits per heavy atom. The zero-order valence-electron chi connectivity index (χ0n) is 11.6. The molecule has 0 bridgehead atoms. The number of ether oxygens (including phenoxy) is 1. The first-order chi connectivity index (χ1) is 10.5. The summed E-state index contributed by atoms with van der Waals surface area (Å²) in [6.45, 7) is 5.02. The lowest BCUT2D eigenvalue weighted by Crippen LogP contribution is -2.08. The van der Waals surface area contributed by atoms with Crippen LogP contribution < -0.4 is 10.1 Å². The van der Waals surface area contributed by atoms with Gasteiger partial charge in [-0.3, -0.25) is 14.9 Å². The Hall–Kier alpha value is -3.29. The van der Waals surface area contributed by atoms with Crippen molar-refractivity contribution in [3.63, 3.8) is 0 Å². The SMILES string of the molecule is C=CC(=O)Nc1ccc(Oc2ncc(C)cc2[N+](=O)[O-])cn1. The minimum Gasteiger partial charge on any atom is -0.432 e. The van der Waals surface area contributed by atoms with Crippen molar-refractivity contribution >= 4 is 17.4 Å². The summed E-state index contributed by atoms with van der Waals surface area (Å²) in [6, 6.07) is 4.38. The number of aryl methyl sites for hydroxylation is 1. The van der Waals surface area contributed by atoms with Gasteiger partial charge in [0.15, 0.2) is 0 Å². The molecule has 0 aromatic carbocycles. The van der Waals surface area contributed by atoms with Gasteiger partial charge in [0.1, 0.15) is 11.6 Å². The molecule has 0 radical (unpaired) electrons. The molecule has 0 unspecified atom stereocenters. The topological polar surface area (TPSA) is 107 Å². The van der Waals surface area contributed by atoms with Crippen molar-refractivity contribution in [1.82, 2.24) is 9.97 Å². The minimum atomic E-state index is -0.568. The van der Waals surface area contributed by atoms with Crippen molar-refractivity contribution in [3.05, 3.63) is 58.9 Å². The van der Waals surface area contributed by atoms with Crippen LogP contribution in [0.15, 0.2) is 43.2 Å². The van der Waals surface area contributed by atoms with Crippen LogP contribution in [0.1, 0.15) is 5.56 Å². The Labute approximate surface area is 125 Å². The highest BCUT2D eigenvalue weighted by Gasteiger charge is 2.17. The Bertz CT molecular complexity index is 728. The van der Waals surface area contributed by atoms with E-state index in [2.05, 4.69) is 21.9 Å². The monoisotopic (exact) mass is 300 g/mol. The van der Waals surface area contributed by atoms with Gasteiger partial charge in [-0.25, -0.2) is 9.97 Å². The number of carbonyl (C=O) groups excluding carboxylic acids is 1. The fourth-order valence-electron chi connectivity index (χ4n) is 1.55. The standard InChI is InChI=1S/C14H12N4O4/c1-3-13(19)17-12-5-4-10(8-15-12)22-14-11(18(20)21)6-9(2)7-16-14/h3-8H,1H2,2H3,(H,15,17,19). The van der Waals surface area contributed by atoms with Gasteiger partial charge in [-0.1, -0.05) is 6.58 Å². The van der Waals surface area contributed by atoms with Gasteiger partial charge in [0, 0.05) is 12.3 Å². The van der Waals surface area contributed by atoms with Gasteiger partial charge in [0.2, 0.25) is 5.91 Å². The third-order valence-electron chi connectivity index (χ3n) is 2.55. The molecule has 1 amide bonds. The van der Waals surface area contributed by atoms with E-state index < -0.39 is 10.8 Å². The summed E-state index contributed by atoms with van der Waals surface area (Å²) >= 11 is 0. The second kappa shape index (κ2) is 6.44. The molecule has 1 N–H and O–H groups in total. The number of anilines is 1. The van der Waals surface area contributed by atoms with E-state index in [9.17, 15) is 14.9 Å². The van der Waals surface area contributed by atoms with Crippen LogP contribution in [0.5, 0.6) is 11.6 Å². The first-order valence-corrected chi connectivity index (χ1v) is 6.18. The lowest BCUT2D eigenvalue weighted by molar-refractivity contribution is -0.386. The van der Waals surface area contributed by atoms with E-state index in [0.29, 0.717) is 11.4 Å². The summed E-state index contributed by atoms with van der Waals surface area (Å²) in [5.74, 6) is 0.0527. The van der Waals surface area contributed by atoms with E-state index in [-0.39, 0.29) is 17.3 Å². The summed E-state index contributed by atoms with van der Waals surface area (Å²) in [7, 11) is 0. The molecule has 2 aromatic rings. The molecule has 112 valence electrons. The second-order valence-corrected chi connectivity index (χ2v) is 4.27. The number of nitrogens with one attached hydrogen (secondary N) is 1. The predicted molar refractivity (Wildman–Crippen MR) is 78.8 cm³/mol. The molecule has 22 heavy (non-hydrogen) atoms. The number of carbonyl (C=O) groups is 1. The normalized spacial score (nSPS) is 9.86. The summed E-state index contributed by atoms with van der Waals surface area (Å²) in [6.07, 6.45) is 3.91. The Kier molecular flexibility index (Phi) is 4.42. The van der Waals surface area contributed by atoms with E-state index in [1.807, 2.05) is 0 Å². The molecule has 0 atom stereocenters. The molecule has 8 nitrogen and oxygen atoms in total. The third kappa shape index (κ3) is 3.63. The number of pyridine rings is 2. The smallest absolute Gasteiger partial charge is 0.331 e. The predicted octanol–water partition coefficient (Wildman–Crippen LogP) is 2.61. The lowest BCUT2D eigenvalue weighted by Gasteiger charge is -2.06. The molecule has 0 aliphatic carbocycles. The summed E-state index contributed by atoms with van der Waals surface area (Å²) in [4.78, 5) is 29.4. The zero-order valence-corrected chi connectivity index (χ0v) is 11.6. The first-order valence-electron chi connectivity index (χ1n) is 6.18. The molecule has 8 heteroatoms. The summed E-state index contributed by atoms with van der Waals surface area (Å²) < 4.78 is 5.36. The van der Waals surface area contributed by atoms with E-state index in [0.717, 1.165) is 6.08 Å². The quantitative estimate of drug-likeness (QED) is 0.516. The maximum absolute atomic E-state index is 11.1. The number of nitro groups is 1. The molecule has 0 fully saturated rings. The maximum atomic E-state index is 11.1. The third-order valence-corrected chi connectivity index (χ3v) is 2.55. The maximum Gasteiger partial charge on any atom is 0.331 e. The van der Waals surface area contributed by atoms with Crippen LogP contribution in [0.4, 0.5) is 11.5 Å².